The minimum absolute atomic E-state index is 0.183. The number of nitrogens with zero attached hydrogens (tertiary/aromatic N) is 2. The average molecular weight is 458 g/mol. The molecular weight excluding hydrogens is 455 g/mol. The Kier molecular flexibility index (Phi) is 5.13. The second-order valence-corrected chi connectivity index (χ2v) is 7.52. The molecule has 148 valence electrons. The molecule has 0 saturated heterocycles. The summed E-state index contributed by atoms with van der Waals surface area (Å²) in [6, 6.07) is 0.366. The highest BCUT2D eigenvalue weighted by Crippen LogP contribution is 2.47. The molecular formula is C11H3Cl2F6N3O4S. The fourth-order valence-electron chi connectivity index (χ4n) is 1.98. The summed E-state index contributed by atoms with van der Waals surface area (Å²) in [4.78, 5) is 8.21. The third-order valence-corrected chi connectivity index (χ3v) is 5.14. The van der Waals surface area contributed by atoms with Gasteiger partial charge in [-0.25, -0.2) is 8.42 Å². The third kappa shape index (κ3) is 3.68. The Morgan fingerprint density at radius 3 is 1.89 bits per heavy atom. The zero-order valence-corrected chi connectivity index (χ0v) is 14.4. The van der Waals surface area contributed by atoms with E-state index in [1.807, 2.05) is 0 Å². The maximum absolute atomic E-state index is 13.1. The average Bonchev–Trinajstić information content (AvgIpc) is 2.90. The van der Waals surface area contributed by atoms with E-state index in [-0.39, 0.29) is 12.1 Å². The molecule has 1 N–H and O–H groups in total. The number of hydrogen-bond donors (Lipinski definition) is 1. The molecule has 0 radical (unpaired) electrons. The van der Waals surface area contributed by atoms with Gasteiger partial charge in [-0.15, -0.1) is 5.10 Å². The fourth-order valence-corrected chi connectivity index (χ4v) is 3.60. The van der Waals surface area contributed by atoms with Crippen LogP contribution in [0.15, 0.2) is 17.0 Å². The van der Waals surface area contributed by atoms with Gasteiger partial charge in [0.25, 0.3) is 9.84 Å². The Balaban J connectivity index is 2.84. The maximum atomic E-state index is 13.1. The van der Waals surface area contributed by atoms with E-state index in [9.17, 15) is 44.9 Å². The Labute approximate surface area is 154 Å². The minimum Gasteiger partial charge on any atom is -0.358 e. The molecule has 2 rings (SSSR count). The summed E-state index contributed by atoms with van der Waals surface area (Å²) in [6.45, 7) is 0. The van der Waals surface area contributed by atoms with Crippen LogP contribution in [0, 0.1) is 10.1 Å². The summed E-state index contributed by atoms with van der Waals surface area (Å²) in [7, 11) is -5.92. The predicted molar refractivity (Wildman–Crippen MR) is 78.9 cm³/mol. The molecule has 0 unspecified atom stereocenters. The molecule has 0 bridgehead atoms. The second kappa shape index (κ2) is 6.53. The van der Waals surface area contributed by atoms with Crippen molar-refractivity contribution < 1.29 is 39.7 Å². The molecule has 1 aromatic heterocycles. The number of aromatic nitrogens is 2. The number of nitro groups is 1. The van der Waals surface area contributed by atoms with E-state index in [1.54, 1.807) is 0 Å². The van der Waals surface area contributed by atoms with Gasteiger partial charge in [-0.2, -0.15) is 26.3 Å². The normalized spacial score (nSPS) is 13.0. The van der Waals surface area contributed by atoms with Gasteiger partial charge < -0.3 is 10.1 Å². The van der Waals surface area contributed by atoms with E-state index in [0.29, 0.717) is 0 Å². The molecule has 2 aromatic rings. The van der Waals surface area contributed by atoms with E-state index in [0.717, 1.165) is 0 Å². The van der Waals surface area contributed by atoms with Gasteiger partial charge in [0.05, 0.1) is 14.9 Å². The smallest absolute Gasteiger partial charge is 0.358 e. The van der Waals surface area contributed by atoms with Crippen LogP contribution >= 0.6 is 23.2 Å². The van der Waals surface area contributed by atoms with E-state index >= 15 is 0 Å². The predicted octanol–water partition coefficient (Wildman–Crippen LogP) is 4.60. The first-order chi connectivity index (χ1) is 12.1. The quantitative estimate of drug-likeness (QED) is 0.411. The Bertz CT molecular complexity index is 1010. The molecule has 0 spiro atoms. The first-order valence-electron chi connectivity index (χ1n) is 6.19. The lowest BCUT2D eigenvalue weighted by atomic mass is 10.0. The summed E-state index contributed by atoms with van der Waals surface area (Å²) < 4.78 is 99.9. The van der Waals surface area contributed by atoms with Crippen LogP contribution in [0.1, 0.15) is 5.69 Å². The lowest BCUT2D eigenvalue weighted by molar-refractivity contribution is -0.388. The van der Waals surface area contributed by atoms with E-state index in [2.05, 4.69) is 5.10 Å². The van der Waals surface area contributed by atoms with Crippen molar-refractivity contribution >= 4 is 38.9 Å². The van der Waals surface area contributed by atoms with Crippen molar-refractivity contribution in [2.75, 3.05) is 0 Å². The number of aromatic amines is 1. The van der Waals surface area contributed by atoms with Gasteiger partial charge in [-0.1, -0.05) is 28.3 Å². The van der Waals surface area contributed by atoms with Gasteiger partial charge >= 0.3 is 17.5 Å². The fraction of sp³-hybridized carbons (Fsp3) is 0.182. The number of benzene rings is 1. The van der Waals surface area contributed by atoms with Crippen molar-refractivity contribution in [1.29, 1.82) is 0 Å². The van der Waals surface area contributed by atoms with Crippen LogP contribution in [0.4, 0.5) is 32.2 Å². The van der Waals surface area contributed by atoms with E-state index in [1.165, 1.54) is 5.10 Å². The molecule has 0 fully saturated rings. The molecule has 0 saturated carbocycles. The molecule has 1 heterocycles. The highest BCUT2D eigenvalue weighted by molar-refractivity contribution is 7.92. The number of nitrogens with one attached hydrogen (secondary N) is 1. The lowest BCUT2D eigenvalue weighted by Gasteiger charge is -2.13. The summed E-state index contributed by atoms with van der Waals surface area (Å²) in [5, 5.41) is 13.2. The maximum Gasteiger partial charge on any atom is 0.501 e. The van der Waals surface area contributed by atoms with Crippen LogP contribution in [0.5, 0.6) is 0 Å². The Hall–Kier alpha value is -2.06. The number of H-pyrrole nitrogens is 1. The first kappa shape index (κ1) is 21.2. The lowest BCUT2D eigenvalue weighted by Crippen LogP contribution is -2.23. The van der Waals surface area contributed by atoms with Gasteiger partial charge in [0, 0.05) is 5.56 Å². The molecule has 16 heteroatoms. The molecule has 7 nitrogen and oxygen atoms in total. The molecule has 1 aromatic carbocycles. The number of halogens is 8. The van der Waals surface area contributed by atoms with Crippen molar-refractivity contribution in [1.82, 2.24) is 10.2 Å². The third-order valence-electron chi connectivity index (χ3n) is 3.08. The molecule has 27 heavy (non-hydrogen) atoms. The minimum atomic E-state index is -5.92. The zero-order chi connectivity index (χ0) is 20.9. The molecule has 0 aliphatic carbocycles. The number of hydrogen-bond acceptors (Lipinski definition) is 5. The molecule has 0 atom stereocenters. The van der Waals surface area contributed by atoms with Crippen LogP contribution < -0.4 is 0 Å². The van der Waals surface area contributed by atoms with Gasteiger partial charge in [0.2, 0.25) is 5.69 Å². The van der Waals surface area contributed by atoms with Crippen molar-refractivity contribution in [2.45, 2.75) is 16.6 Å². The number of rotatable bonds is 3. The van der Waals surface area contributed by atoms with Gasteiger partial charge in [-0.05, 0) is 17.1 Å². The first-order valence-corrected chi connectivity index (χ1v) is 8.43. The largest absolute Gasteiger partial charge is 0.501 e. The summed E-state index contributed by atoms with van der Waals surface area (Å²) in [6.07, 6.45) is -5.22. The number of alkyl halides is 6. The highest BCUT2D eigenvalue weighted by atomic mass is 35.5. The second-order valence-electron chi connectivity index (χ2n) is 4.76. The van der Waals surface area contributed by atoms with Crippen molar-refractivity contribution in [2.24, 2.45) is 0 Å². The Morgan fingerprint density at radius 2 is 1.52 bits per heavy atom. The van der Waals surface area contributed by atoms with Crippen LogP contribution in [0.3, 0.4) is 0 Å². The van der Waals surface area contributed by atoms with Crippen molar-refractivity contribution in [3.05, 3.63) is 38.0 Å². The Morgan fingerprint density at radius 1 is 1.04 bits per heavy atom. The topological polar surface area (TPSA) is 106 Å². The zero-order valence-electron chi connectivity index (χ0n) is 12.1. The van der Waals surface area contributed by atoms with E-state index in [4.69, 9.17) is 23.2 Å². The monoisotopic (exact) mass is 457 g/mol. The van der Waals surface area contributed by atoms with Crippen LogP contribution in [0.25, 0.3) is 11.1 Å². The van der Waals surface area contributed by atoms with Crippen molar-refractivity contribution in [3.8, 4) is 11.1 Å². The van der Waals surface area contributed by atoms with Gasteiger partial charge in [0.1, 0.15) is 5.56 Å². The molecule has 0 aliphatic rings. The molecule has 0 aliphatic heterocycles. The standard InChI is InChI=1S/C11H3Cl2F6N3O4S/c12-4-1-3(27(25,26)11(17,18)19)2-5(13)6(4)7-8(10(14,15)16)20-21-9(7)22(23)24/h1-2H,(H,20,21). The summed E-state index contributed by atoms with van der Waals surface area (Å²) in [5.74, 6) is -1.29. The van der Waals surface area contributed by atoms with E-state index < -0.39 is 64.0 Å². The van der Waals surface area contributed by atoms with Crippen LogP contribution in [0.2, 0.25) is 10.0 Å². The van der Waals surface area contributed by atoms with Gasteiger partial charge in [0.15, 0.2) is 0 Å². The summed E-state index contributed by atoms with van der Waals surface area (Å²) >= 11 is 11.3. The number of sulfone groups is 1. The van der Waals surface area contributed by atoms with Crippen LogP contribution in [-0.4, -0.2) is 29.0 Å². The summed E-state index contributed by atoms with van der Waals surface area (Å²) in [5.41, 5.74) is -9.71. The highest BCUT2D eigenvalue weighted by Gasteiger charge is 2.48. The SMILES string of the molecule is O=[N+]([O-])c1[nH]nc(C(F)(F)F)c1-c1c(Cl)cc(S(=O)(=O)C(F)(F)F)cc1Cl. The van der Waals surface area contributed by atoms with Crippen LogP contribution in [-0.2, 0) is 16.0 Å². The molecule has 0 amide bonds. The van der Waals surface area contributed by atoms with Crippen molar-refractivity contribution in [3.63, 3.8) is 0 Å². The van der Waals surface area contributed by atoms with Gasteiger partial charge in [-0.3, -0.25) is 0 Å².